The third kappa shape index (κ3) is 3.79. The molecule has 0 aliphatic carbocycles. The Balaban J connectivity index is 1.64. The molecule has 0 aromatic heterocycles. The van der Waals surface area contributed by atoms with Crippen LogP contribution in [0.2, 0.25) is 0 Å². The van der Waals surface area contributed by atoms with Gasteiger partial charge in [0.15, 0.2) is 0 Å². The molecule has 0 radical (unpaired) electrons. The highest BCUT2D eigenvalue weighted by molar-refractivity contribution is 8.18. The van der Waals surface area contributed by atoms with Crippen molar-refractivity contribution in [1.82, 2.24) is 5.32 Å². The summed E-state index contributed by atoms with van der Waals surface area (Å²) in [4.78, 5) is 50.1. The van der Waals surface area contributed by atoms with Crippen molar-refractivity contribution in [3.05, 3.63) is 64.6 Å². The first kappa shape index (κ1) is 20.7. The van der Waals surface area contributed by atoms with Crippen LogP contribution < -0.4 is 15.5 Å². The molecule has 4 rings (SSSR count). The number of carbonyl (C=O) groups excluding carboxylic acids is 4. The Hall–Kier alpha value is -3.60. The molecule has 11 heteroatoms. The second-order valence-corrected chi connectivity index (χ2v) is 7.53. The lowest BCUT2D eigenvalue weighted by Crippen LogP contribution is -2.36. The summed E-state index contributed by atoms with van der Waals surface area (Å²) in [6.45, 7) is -0.584. The second kappa shape index (κ2) is 7.58. The van der Waals surface area contributed by atoms with E-state index in [0.29, 0.717) is 23.0 Å². The molecule has 2 aliphatic heterocycles. The van der Waals surface area contributed by atoms with E-state index in [0.717, 1.165) is 17.0 Å². The number of nitrogens with one attached hydrogen (secondary N) is 2. The van der Waals surface area contributed by atoms with Crippen LogP contribution >= 0.6 is 11.8 Å². The van der Waals surface area contributed by atoms with Gasteiger partial charge in [-0.1, -0.05) is 30.3 Å². The van der Waals surface area contributed by atoms with Crippen LogP contribution in [0, 0.1) is 0 Å². The SMILES string of the molecule is O=C(CN1C(=O)/C(=C2/SC(=O)NC2=O)c2ccccc21)Nc1ccccc1C(F)(F)F. The van der Waals surface area contributed by atoms with E-state index in [-0.39, 0.29) is 10.5 Å². The van der Waals surface area contributed by atoms with Gasteiger partial charge in [-0.3, -0.25) is 29.4 Å². The Morgan fingerprint density at radius 3 is 2.39 bits per heavy atom. The van der Waals surface area contributed by atoms with Gasteiger partial charge >= 0.3 is 6.18 Å². The van der Waals surface area contributed by atoms with Crippen molar-refractivity contribution in [2.24, 2.45) is 0 Å². The molecule has 1 fully saturated rings. The maximum atomic E-state index is 13.2. The van der Waals surface area contributed by atoms with E-state index in [2.05, 4.69) is 10.6 Å². The molecule has 2 aliphatic rings. The molecule has 31 heavy (non-hydrogen) atoms. The van der Waals surface area contributed by atoms with E-state index in [1.165, 1.54) is 18.2 Å². The molecule has 2 heterocycles. The van der Waals surface area contributed by atoms with Crippen molar-refractivity contribution < 1.29 is 32.3 Å². The number of alkyl halides is 3. The zero-order chi connectivity index (χ0) is 22.3. The molecule has 0 bridgehead atoms. The van der Waals surface area contributed by atoms with Crippen molar-refractivity contribution in [1.29, 1.82) is 0 Å². The second-order valence-electron chi connectivity index (χ2n) is 6.55. The number of rotatable bonds is 3. The van der Waals surface area contributed by atoms with Gasteiger partial charge in [-0.05, 0) is 30.0 Å². The Labute approximate surface area is 177 Å². The number of hydrogen-bond donors (Lipinski definition) is 2. The van der Waals surface area contributed by atoms with E-state index in [1.807, 2.05) is 0 Å². The quantitative estimate of drug-likeness (QED) is 0.704. The van der Waals surface area contributed by atoms with Crippen LogP contribution in [0.1, 0.15) is 11.1 Å². The highest BCUT2D eigenvalue weighted by Gasteiger charge is 2.40. The molecule has 7 nitrogen and oxygen atoms in total. The van der Waals surface area contributed by atoms with Crippen LogP contribution in [0.5, 0.6) is 0 Å². The maximum Gasteiger partial charge on any atom is 0.418 e. The van der Waals surface area contributed by atoms with Gasteiger partial charge in [-0.15, -0.1) is 0 Å². The zero-order valence-corrected chi connectivity index (χ0v) is 16.3. The van der Waals surface area contributed by atoms with Gasteiger partial charge in [-0.25, -0.2) is 0 Å². The van der Waals surface area contributed by atoms with Gasteiger partial charge < -0.3 is 5.32 Å². The first-order valence-corrected chi connectivity index (χ1v) is 9.63. The highest BCUT2D eigenvalue weighted by atomic mass is 32.2. The van der Waals surface area contributed by atoms with Gasteiger partial charge in [0, 0.05) is 5.56 Å². The monoisotopic (exact) mass is 447 g/mol. The normalized spacial score (nSPS) is 18.3. The highest BCUT2D eigenvalue weighted by Crippen LogP contribution is 2.42. The van der Waals surface area contributed by atoms with Gasteiger partial charge in [0.1, 0.15) is 6.54 Å². The summed E-state index contributed by atoms with van der Waals surface area (Å²) in [5.74, 6) is -2.28. The standard InChI is InChI=1S/C20H12F3N3O4S/c21-20(22,23)11-6-2-3-7-12(11)24-14(27)9-26-13-8-4-1-5-10(13)15(18(26)29)16-17(28)25-19(30)31-16/h1-8H,9H2,(H,24,27)(H,25,28,30)/b16-15+. The van der Waals surface area contributed by atoms with Gasteiger partial charge in [-0.2, -0.15) is 13.2 Å². The maximum absolute atomic E-state index is 13.2. The molecule has 4 amide bonds. The minimum absolute atomic E-state index is 0.0348. The van der Waals surface area contributed by atoms with E-state index in [9.17, 15) is 32.3 Å². The lowest BCUT2D eigenvalue weighted by atomic mass is 10.1. The molecule has 0 spiro atoms. The van der Waals surface area contributed by atoms with Crippen LogP contribution in [-0.4, -0.2) is 29.5 Å². The number of imide groups is 1. The summed E-state index contributed by atoms with van der Waals surface area (Å²) < 4.78 is 39.5. The summed E-state index contributed by atoms with van der Waals surface area (Å²) in [5.41, 5.74) is -0.829. The number of nitrogens with zero attached hydrogens (tertiary/aromatic N) is 1. The van der Waals surface area contributed by atoms with Crippen molar-refractivity contribution in [2.45, 2.75) is 6.18 Å². The van der Waals surface area contributed by atoms with Crippen LogP contribution in [-0.2, 0) is 20.6 Å². The van der Waals surface area contributed by atoms with E-state index >= 15 is 0 Å². The molecule has 1 saturated heterocycles. The smallest absolute Gasteiger partial charge is 0.324 e. The molecule has 158 valence electrons. The van der Waals surface area contributed by atoms with Crippen molar-refractivity contribution in [3.63, 3.8) is 0 Å². The van der Waals surface area contributed by atoms with E-state index in [4.69, 9.17) is 0 Å². The van der Waals surface area contributed by atoms with Crippen LogP contribution in [0.4, 0.5) is 29.3 Å². The summed E-state index contributed by atoms with van der Waals surface area (Å²) in [5, 5.41) is 3.64. The Kier molecular flexibility index (Phi) is 5.05. The van der Waals surface area contributed by atoms with Crippen molar-refractivity contribution >= 4 is 51.7 Å². The molecule has 2 aromatic rings. The Morgan fingerprint density at radius 1 is 1.03 bits per heavy atom. The first-order valence-electron chi connectivity index (χ1n) is 8.81. The first-order chi connectivity index (χ1) is 14.7. The minimum Gasteiger partial charge on any atom is -0.324 e. The van der Waals surface area contributed by atoms with E-state index < -0.39 is 46.9 Å². The van der Waals surface area contributed by atoms with Crippen molar-refractivity contribution in [2.75, 3.05) is 16.8 Å². The molecular formula is C20H12F3N3O4S. The molecule has 2 N–H and O–H groups in total. The Morgan fingerprint density at radius 2 is 1.71 bits per heavy atom. The van der Waals surface area contributed by atoms with Gasteiger partial charge in [0.05, 0.1) is 27.4 Å². The topological polar surface area (TPSA) is 95.6 Å². The average molecular weight is 447 g/mol. The summed E-state index contributed by atoms with van der Waals surface area (Å²) in [6.07, 6.45) is -4.67. The summed E-state index contributed by atoms with van der Waals surface area (Å²) >= 11 is 0.573. The fourth-order valence-corrected chi connectivity index (χ4v) is 4.08. The van der Waals surface area contributed by atoms with Crippen molar-refractivity contribution in [3.8, 4) is 0 Å². The molecule has 0 unspecified atom stereocenters. The molecular weight excluding hydrogens is 435 g/mol. The number of carbonyl (C=O) groups is 4. The zero-order valence-electron chi connectivity index (χ0n) is 15.4. The van der Waals surface area contributed by atoms with Gasteiger partial charge in [0.25, 0.3) is 17.1 Å². The number of amides is 4. The Bertz CT molecular complexity index is 1180. The number of para-hydroxylation sites is 2. The molecule has 0 atom stereocenters. The number of fused-ring (bicyclic) bond motifs is 1. The molecule has 0 saturated carbocycles. The number of hydrogen-bond acceptors (Lipinski definition) is 5. The average Bonchev–Trinajstić information content (AvgIpc) is 3.17. The third-order valence-electron chi connectivity index (χ3n) is 4.58. The fraction of sp³-hybridized carbons (Fsp3) is 0.100. The van der Waals surface area contributed by atoms with Gasteiger partial charge in [0.2, 0.25) is 5.91 Å². The third-order valence-corrected chi connectivity index (χ3v) is 5.46. The summed E-state index contributed by atoms with van der Waals surface area (Å²) in [6, 6.07) is 10.8. The number of anilines is 2. The van der Waals surface area contributed by atoms with Crippen LogP contribution in [0.15, 0.2) is 53.4 Å². The lowest BCUT2D eigenvalue weighted by Gasteiger charge is -2.18. The number of benzene rings is 2. The lowest BCUT2D eigenvalue weighted by molar-refractivity contribution is -0.137. The number of halogens is 3. The number of thioether (sulfide) groups is 1. The predicted octanol–water partition coefficient (Wildman–Crippen LogP) is 3.38. The largest absolute Gasteiger partial charge is 0.418 e. The predicted molar refractivity (Wildman–Crippen MR) is 107 cm³/mol. The summed E-state index contributed by atoms with van der Waals surface area (Å²) in [7, 11) is 0. The van der Waals surface area contributed by atoms with Crippen LogP contribution in [0.25, 0.3) is 5.57 Å². The van der Waals surface area contributed by atoms with Crippen LogP contribution in [0.3, 0.4) is 0 Å². The molecule has 2 aromatic carbocycles. The van der Waals surface area contributed by atoms with E-state index in [1.54, 1.807) is 18.2 Å². The minimum atomic E-state index is -4.67. The fourth-order valence-electron chi connectivity index (χ4n) is 3.31.